The molecule has 0 aromatic rings. The molecule has 2 saturated heterocycles. The lowest BCUT2D eigenvalue weighted by Crippen LogP contribution is -2.57. The van der Waals surface area contributed by atoms with Crippen LogP contribution in [-0.2, 0) is 0 Å². The number of hydrogen-bond acceptors (Lipinski definition) is 6. The Balaban J connectivity index is 1.64. The van der Waals surface area contributed by atoms with Crippen LogP contribution in [0.25, 0.3) is 0 Å². The highest BCUT2D eigenvalue weighted by molar-refractivity contribution is 5.10. The van der Waals surface area contributed by atoms with E-state index < -0.39 is 0 Å². The average molecular weight is 415 g/mol. The maximum Gasteiger partial charge on any atom is 0.143 e. The summed E-state index contributed by atoms with van der Waals surface area (Å²) >= 11 is 0. The molecule has 2 aliphatic heterocycles. The third kappa shape index (κ3) is 6.41. The highest BCUT2D eigenvalue weighted by atomic mass is 15.7. The first kappa shape index (κ1) is 23.5. The highest BCUT2D eigenvalue weighted by Gasteiger charge is 2.60. The van der Waals surface area contributed by atoms with Crippen molar-refractivity contribution >= 4 is 0 Å². The van der Waals surface area contributed by atoms with Crippen LogP contribution in [0.5, 0.6) is 0 Å². The Morgan fingerprint density at radius 1 is 0.900 bits per heavy atom. The van der Waals surface area contributed by atoms with Crippen molar-refractivity contribution in [1.82, 2.24) is 20.0 Å². The van der Waals surface area contributed by atoms with E-state index in [0.29, 0.717) is 25.0 Å². The summed E-state index contributed by atoms with van der Waals surface area (Å²) in [5.74, 6) is -0.0839. The SMILES string of the molecule is CCN(C1CN1CCC#N)C1(NC2CCCCCCCCCCC2)CN1CCC#N. The van der Waals surface area contributed by atoms with Crippen LogP contribution in [0.2, 0.25) is 0 Å². The molecule has 4 atom stereocenters. The van der Waals surface area contributed by atoms with Crippen LogP contribution in [0.15, 0.2) is 0 Å². The fraction of sp³-hybridized carbons (Fsp3) is 0.917. The quantitative estimate of drug-likeness (QED) is 0.454. The van der Waals surface area contributed by atoms with E-state index >= 15 is 0 Å². The highest BCUT2D eigenvalue weighted by Crippen LogP contribution is 2.40. The maximum absolute atomic E-state index is 9.12. The predicted molar refractivity (Wildman–Crippen MR) is 120 cm³/mol. The minimum absolute atomic E-state index is 0.0839. The molecule has 6 nitrogen and oxygen atoms in total. The van der Waals surface area contributed by atoms with E-state index in [1.807, 2.05) is 0 Å². The number of hydrogen-bond donors (Lipinski definition) is 1. The van der Waals surface area contributed by atoms with E-state index in [1.165, 1.54) is 70.6 Å². The molecule has 3 rings (SSSR count). The number of nitriles is 2. The first-order valence-corrected chi connectivity index (χ1v) is 12.5. The zero-order valence-electron chi connectivity index (χ0n) is 19.1. The molecule has 1 aliphatic carbocycles. The van der Waals surface area contributed by atoms with Gasteiger partial charge in [0.05, 0.1) is 18.3 Å². The van der Waals surface area contributed by atoms with Crippen LogP contribution in [0.4, 0.5) is 0 Å². The molecule has 4 unspecified atom stereocenters. The Labute approximate surface area is 184 Å². The van der Waals surface area contributed by atoms with E-state index in [-0.39, 0.29) is 5.79 Å². The van der Waals surface area contributed by atoms with E-state index in [4.69, 9.17) is 10.5 Å². The van der Waals surface area contributed by atoms with Gasteiger partial charge in [-0.1, -0.05) is 64.7 Å². The molecular formula is C24H42N6. The molecule has 0 bridgehead atoms. The van der Waals surface area contributed by atoms with Gasteiger partial charge < -0.3 is 0 Å². The third-order valence-corrected chi connectivity index (χ3v) is 7.24. The minimum atomic E-state index is -0.0839. The summed E-state index contributed by atoms with van der Waals surface area (Å²) in [5, 5.41) is 22.2. The largest absolute Gasteiger partial charge is 0.283 e. The van der Waals surface area contributed by atoms with Gasteiger partial charge in [0.1, 0.15) is 5.79 Å². The normalized spacial score (nSPS) is 33.1. The average Bonchev–Trinajstić information content (AvgIpc) is 3.65. The Bertz CT molecular complexity index is 583. The molecular weight excluding hydrogens is 372 g/mol. The second-order valence-corrected chi connectivity index (χ2v) is 9.42. The van der Waals surface area contributed by atoms with Gasteiger partial charge in [-0.05, 0) is 19.4 Å². The fourth-order valence-corrected chi connectivity index (χ4v) is 5.42. The summed E-state index contributed by atoms with van der Waals surface area (Å²) in [7, 11) is 0. The predicted octanol–water partition coefficient (Wildman–Crippen LogP) is 4.01. The molecule has 0 aromatic heterocycles. The lowest BCUT2D eigenvalue weighted by atomic mass is 9.97. The van der Waals surface area contributed by atoms with Gasteiger partial charge in [0.2, 0.25) is 0 Å². The van der Waals surface area contributed by atoms with E-state index in [1.54, 1.807) is 0 Å². The minimum Gasteiger partial charge on any atom is -0.283 e. The summed E-state index contributed by atoms with van der Waals surface area (Å²) in [6.07, 6.45) is 16.6. The van der Waals surface area contributed by atoms with Gasteiger partial charge in [-0.25, -0.2) is 0 Å². The topological polar surface area (TPSA) is 68.9 Å². The van der Waals surface area contributed by atoms with Gasteiger partial charge in [-0.2, -0.15) is 10.5 Å². The van der Waals surface area contributed by atoms with Gasteiger partial charge in [0.25, 0.3) is 0 Å². The summed E-state index contributed by atoms with van der Waals surface area (Å²) in [4.78, 5) is 7.49. The van der Waals surface area contributed by atoms with E-state index in [2.05, 4.69) is 39.1 Å². The third-order valence-electron chi connectivity index (χ3n) is 7.24. The second-order valence-electron chi connectivity index (χ2n) is 9.42. The molecule has 2 heterocycles. The van der Waals surface area contributed by atoms with Gasteiger partial charge in [0.15, 0.2) is 0 Å². The second kappa shape index (κ2) is 12.0. The van der Waals surface area contributed by atoms with Crippen molar-refractivity contribution in [2.75, 3.05) is 32.7 Å². The first-order chi connectivity index (χ1) is 14.7. The van der Waals surface area contributed by atoms with Crippen molar-refractivity contribution in [3.63, 3.8) is 0 Å². The molecule has 3 aliphatic rings. The number of rotatable bonds is 9. The van der Waals surface area contributed by atoms with Crippen molar-refractivity contribution in [1.29, 1.82) is 10.5 Å². The smallest absolute Gasteiger partial charge is 0.143 e. The molecule has 6 heteroatoms. The summed E-state index contributed by atoms with van der Waals surface area (Å²) in [6, 6.07) is 5.18. The summed E-state index contributed by atoms with van der Waals surface area (Å²) < 4.78 is 0. The molecule has 168 valence electrons. The first-order valence-electron chi connectivity index (χ1n) is 12.5. The lowest BCUT2D eigenvalue weighted by molar-refractivity contribution is 0.0589. The summed E-state index contributed by atoms with van der Waals surface area (Å²) in [6.45, 7) is 7.05. The number of likely N-dealkylation sites (N-methyl/N-ethyl adjacent to an activating group) is 1. The van der Waals surface area contributed by atoms with Crippen molar-refractivity contribution in [2.45, 2.75) is 108 Å². The van der Waals surface area contributed by atoms with Gasteiger partial charge in [-0.3, -0.25) is 20.0 Å². The van der Waals surface area contributed by atoms with Gasteiger partial charge >= 0.3 is 0 Å². The van der Waals surface area contributed by atoms with Crippen LogP contribution in [0.3, 0.4) is 0 Å². The van der Waals surface area contributed by atoms with Crippen molar-refractivity contribution in [3.8, 4) is 12.1 Å². The molecule has 0 amide bonds. The number of nitrogens with zero attached hydrogens (tertiary/aromatic N) is 5. The molecule has 1 saturated carbocycles. The van der Waals surface area contributed by atoms with E-state index in [0.717, 1.165) is 32.7 Å². The van der Waals surface area contributed by atoms with Gasteiger partial charge in [0, 0.05) is 45.1 Å². The standard InChI is InChI=1S/C24H42N6/c1-2-30(23-20-28(23)18-12-16-25)24(21-29(24)19-13-17-26)27-22-14-10-8-6-4-3-5-7-9-11-15-22/h22-23,27H,2-15,18-21H2,1H3. The van der Waals surface area contributed by atoms with Crippen molar-refractivity contribution in [3.05, 3.63) is 0 Å². The fourth-order valence-electron chi connectivity index (χ4n) is 5.42. The van der Waals surface area contributed by atoms with Crippen LogP contribution >= 0.6 is 0 Å². The molecule has 0 spiro atoms. The Morgan fingerprint density at radius 3 is 2.03 bits per heavy atom. The van der Waals surface area contributed by atoms with Crippen LogP contribution in [-0.4, -0.2) is 65.4 Å². The molecule has 3 fully saturated rings. The Kier molecular flexibility index (Phi) is 9.40. The zero-order valence-corrected chi connectivity index (χ0v) is 19.1. The monoisotopic (exact) mass is 414 g/mol. The van der Waals surface area contributed by atoms with Crippen LogP contribution in [0, 0.1) is 22.7 Å². The summed E-state index contributed by atoms with van der Waals surface area (Å²) in [5.41, 5.74) is 0. The van der Waals surface area contributed by atoms with Crippen LogP contribution in [0.1, 0.15) is 90.4 Å². The molecule has 30 heavy (non-hydrogen) atoms. The molecule has 0 radical (unpaired) electrons. The lowest BCUT2D eigenvalue weighted by Gasteiger charge is -2.36. The maximum atomic E-state index is 9.12. The Morgan fingerprint density at radius 2 is 1.47 bits per heavy atom. The van der Waals surface area contributed by atoms with Crippen LogP contribution < -0.4 is 5.32 Å². The van der Waals surface area contributed by atoms with Crippen molar-refractivity contribution in [2.24, 2.45) is 0 Å². The Hall–Kier alpha value is -1.18. The zero-order chi connectivity index (χ0) is 21.2. The molecule has 1 N–H and O–H groups in total. The van der Waals surface area contributed by atoms with Crippen molar-refractivity contribution < 1.29 is 0 Å². The molecule has 0 aromatic carbocycles. The van der Waals surface area contributed by atoms with Gasteiger partial charge in [-0.15, -0.1) is 0 Å². The number of nitrogens with one attached hydrogen (secondary N) is 1. The van der Waals surface area contributed by atoms with E-state index in [9.17, 15) is 0 Å².